The lowest BCUT2D eigenvalue weighted by atomic mass is 10.0. The van der Waals surface area contributed by atoms with Crippen molar-refractivity contribution in [3.8, 4) is 28.4 Å². The van der Waals surface area contributed by atoms with Gasteiger partial charge in [-0.25, -0.2) is 18.7 Å². The largest absolute Gasteiger partial charge is 0.475 e. The van der Waals surface area contributed by atoms with Gasteiger partial charge in [0.05, 0.1) is 22.4 Å². The summed E-state index contributed by atoms with van der Waals surface area (Å²) >= 11 is 0. The molecule has 0 fully saturated rings. The summed E-state index contributed by atoms with van der Waals surface area (Å²) in [5.74, 6) is -0.125. The maximum Gasteiger partial charge on any atom is 0.237 e. The summed E-state index contributed by atoms with van der Waals surface area (Å²) in [6.45, 7) is 1.41. The topological polar surface area (TPSA) is 76.3 Å². The van der Waals surface area contributed by atoms with E-state index in [1.165, 1.54) is 24.3 Å². The van der Waals surface area contributed by atoms with Crippen LogP contribution in [0.2, 0.25) is 0 Å². The first-order valence-corrected chi connectivity index (χ1v) is 11.9. The third-order valence-electron chi connectivity index (χ3n) is 6.42. The Morgan fingerprint density at radius 2 is 1.49 bits per heavy atom. The minimum absolute atomic E-state index is 0.350. The minimum Gasteiger partial charge on any atom is -0.475 e. The molecule has 0 radical (unpaired) electrons. The molecule has 37 heavy (non-hydrogen) atoms. The van der Waals surface area contributed by atoms with Crippen LogP contribution in [0.15, 0.2) is 72.9 Å². The van der Waals surface area contributed by atoms with Crippen LogP contribution >= 0.6 is 0 Å². The quantitative estimate of drug-likeness (QED) is 0.381. The van der Waals surface area contributed by atoms with Crippen molar-refractivity contribution < 1.29 is 18.6 Å². The van der Waals surface area contributed by atoms with E-state index in [1.54, 1.807) is 28.9 Å². The SMILES string of the molecule is Cn1cc2c(n1)OCCN(C(O)c1ccc3nc(-c4ccc(F)cc4)c(-c4ccc(F)cc4)nc3c1)C2. The molecule has 0 spiro atoms. The fourth-order valence-electron chi connectivity index (χ4n) is 4.57. The fraction of sp³-hybridized carbons (Fsp3) is 0.179. The van der Waals surface area contributed by atoms with Crippen LogP contribution in [0.3, 0.4) is 0 Å². The van der Waals surface area contributed by atoms with Crippen molar-refractivity contribution in [2.45, 2.75) is 12.8 Å². The Morgan fingerprint density at radius 3 is 2.14 bits per heavy atom. The average Bonchev–Trinajstić information content (AvgIpc) is 3.14. The van der Waals surface area contributed by atoms with Gasteiger partial charge in [0.15, 0.2) is 0 Å². The zero-order chi connectivity index (χ0) is 25.5. The number of aromatic nitrogens is 4. The molecule has 1 aliphatic rings. The molecule has 9 heteroatoms. The van der Waals surface area contributed by atoms with Gasteiger partial charge >= 0.3 is 0 Å². The van der Waals surface area contributed by atoms with Crippen LogP contribution in [0.1, 0.15) is 17.4 Å². The lowest BCUT2D eigenvalue weighted by Gasteiger charge is -2.26. The highest BCUT2D eigenvalue weighted by molar-refractivity contribution is 5.86. The molecule has 0 aliphatic carbocycles. The molecular weight excluding hydrogens is 476 g/mol. The van der Waals surface area contributed by atoms with Gasteiger partial charge in [0, 0.05) is 43.0 Å². The van der Waals surface area contributed by atoms with Gasteiger partial charge in [-0.2, -0.15) is 0 Å². The average molecular weight is 500 g/mol. The van der Waals surface area contributed by atoms with Gasteiger partial charge in [0.2, 0.25) is 5.88 Å². The Balaban J connectivity index is 1.41. The van der Waals surface area contributed by atoms with Gasteiger partial charge in [-0.1, -0.05) is 6.07 Å². The van der Waals surface area contributed by atoms with E-state index in [1.807, 2.05) is 36.3 Å². The van der Waals surface area contributed by atoms with Crippen LogP contribution in [-0.2, 0) is 13.6 Å². The number of fused-ring (bicyclic) bond motifs is 2. The van der Waals surface area contributed by atoms with Crippen LogP contribution < -0.4 is 4.74 Å². The molecule has 3 aromatic carbocycles. The molecule has 2 aromatic heterocycles. The van der Waals surface area contributed by atoms with Gasteiger partial charge in [-0.3, -0.25) is 9.58 Å². The molecule has 0 saturated carbocycles. The van der Waals surface area contributed by atoms with Crippen molar-refractivity contribution in [3.63, 3.8) is 0 Å². The summed E-state index contributed by atoms with van der Waals surface area (Å²) in [6, 6.07) is 17.5. The molecule has 1 unspecified atom stereocenters. The summed E-state index contributed by atoms with van der Waals surface area (Å²) in [6.07, 6.45) is 0.991. The lowest BCUT2D eigenvalue weighted by Crippen LogP contribution is -2.30. The number of aryl methyl sites for hydroxylation is 1. The van der Waals surface area contributed by atoms with Crippen molar-refractivity contribution in [2.75, 3.05) is 13.2 Å². The zero-order valence-electron chi connectivity index (χ0n) is 20.0. The third-order valence-corrected chi connectivity index (χ3v) is 6.42. The van der Waals surface area contributed by atoms with Gasteiger partial charge in [-0.05, 0) is 66.2 Å². The molecule has 1 atom stereocenters. The first-order chi connectivity index (χ1) is 17.9. The first-order valence-electron chi connectivity index (χ1n) is 11.9. The number of hydrogen-bond donors (Lipinski definition) is 1. The standard InChI is InChI=1S/C28H23F2N5O2/c1-34-15-20-16-35(12-13-37-27(20)33-34)28(36)19-6-11-23-24(14-19)32-26(18-4-9-22(30)10-5-18)25(31-23)17-2-7-21(29)8-3-17/h2-11,14-15,28,36H,12-13,16H2,1H3. The van der Waals surface area contributed by atoms with Crippen LogP contribution in [-0.4, -0.2) is 42.9 Å². The number of aliphatic hydroxyl groups is 1. The van der Waals surface area contributed by atoms with Gasteiger partial charge in [-0.15, -0.1) is 5.10 Å². The van der Waals surface area contributed by atoms with Crippen molar-refractivity contribution in [1.82, 2.24) is 24.6 Å². The van der Waals surface area contributed by atoms with E-state index in [0.29, 0.717) is 64.7 Å². The molecule has 5 aromatic rings. The number of benzene rings is 3. The highest BCUT2D eigenvalue weighted by atomic mass is 19.1. The molecule has 1 N–H and O–H groups in total. The van der Waals surface area contributed by atoms with Crippen molar-refractivity contribution in [1.29, 1.82) is 0 Å². The Kier molecular flexibility index (Phi) is 5.86. The summed E-state index contributed by atoms with van der Waals surface area (Å²) in [7, 11) is 1.83. The van der Waals surface area contributed by atoms with Crippen molar-refractivity contribution in [3.05, 3.63) is 95.7 Å². The van der Waals surface area contributed by atoms with Crippen LogP contribution in [0.25, 0.3) is 33.5 Å². The van der Waals surface area contributed by atoms with Crippen LogP contribution in [0.4, 0.5) is 8.78 Å². The van der Waals surface area contributed by atoms with E-state index in [-0.39, 0.29) is 11.6 Å². The number of aliphatic hydroxyl groups excluding tert-OH is 1. The molecule has 0 saturated heterocycles. The highest BCUT2D eigenvalue weighted by Crippen LogP contribution is 2.33. The highest BCUT2D eigenvalue weighted by Gasteiger charge is 2.25. The van der Waals surface area contributed by atoms with Crippen molar-refractivity contribution >= 4 is 11.0 Å². The van der Waals surface area contributed by atoms with Gasteiger partial charge in [0.25, 0.3) is 0 Å². The number of ether oxygens (including phenoxy) is 1. The van der Waals surface area contributed by atoms with Gasteiger partial charge < -0.3 is 9.84 Å². The molecule has 6 rings (SSSR count). The minimum atomic E-state index is -0.896. The van der Waals surface area contributed by atoms with E-state index >= 15 is 0 Å². The summed E-state index contributed by atoms with van der Waals surface area (Å²) in [4.78, 5) is 11.6. The molecule has 186 valence electrons. The maximum absolute atomic E-state index is 13.6. The van der Waals surface area contributed by atoms with E-state index in [0.717, 1.165) is 5.56 Å². The number of hydrogen-bond acceptors (Lipinski definition) is 6. The molecule has 3 heterocycles. The predicted molar refractivity (Wildman–Crippen MR) is 134 cm³/mol. The van der Waals surface area contributed by atoms with Crippen molar-refractivity contribution in [2.24, 2.45) is 7.05 Å². The zero-order valence-corrected chi connectivity index (χ0v) is 20.0. The van der Waals surface area contributed by atoms with Crippen LogP contribution in [0, 0.1) is 11.6 Å². The van der Waals surface area contributed by atoms with E-state index in [9.17, 15) is 13.9 Å². The fourth-order valence-corrected chi connectivity index (χ4v) is 4.57. The first kappa shape index (κ1) is 23.2. The second kappa shape index (κ2) is 9.34. The number of rotatable bonds is 4. The summed E-state index contributed by atoms with van der Waals surface area (Å²) in [5.41, 5.74) is 5.22. The second-order valence-electron chi connectivity index (χ2n) is 9.01. The third kappa shape index (κ3) is 4.54. The molecule has 1 aliphatic heterocycles. The van der Waals surface area contributed by atoms with Crippen LogP contribution in [0.5, 0.6) is 5.88 Å². The molecule has 0 amide bonds. The Labute approximate surface area is 211 Å². The normalized spacial score (nSPS) is 14.7. The Bertz CT molecular complexity index is 1590. The van der Waals surface area contributed by atoms with Gasteiger partial charge in [0.1, 0.15) is 24.5 Å². The lowest BCUT2D eigenvalue weighted by molar-refractivity contribution is -0.00677. The predicted octanol–water partition coefficient (Wildman–Crippen LogP) is 4.86. The van der Waals surface area contributed by atoms with E-state index < -0.39 is 6.23 Å². The number of nitrogens with zero attached hydrogens (tertiary/aromatic N) is 5. The summed E-state index contributed by atoms with van der Waals surface area (Å²) < 4.78 is 34.7. The Morgan fingerprint density at radius 1 is 0.865 bits per heavy atom. The summed E-state index contributed by atoms with van der Waals surface area (Å²) in [5, 5.41) is 15.6. The van der Waals surface area contributed by atoms with E-state index in [2.05, 4.69) is 5.10 Å². The second-order valence-corrected chi connectivity index (χ2v) is 9.01. The van der Waals surface area contributed by atoms with E-state index in [4.69, 9.17) is 14.7 Å². The number of halogens is 2. The maximum atomic E-state index is 13.6. The Hall–Kier alpha value is -4.21. The smallest absolute Gasteiger partial charge is 0.237 e. The molecular formula is C28H23F2N5O2. The molecule has 7 nitrogen and oxygen atoms in total. The molecule has 0 bridgehead atoms. The monoisotopic (exact) mass is 499 g/mol.